The van der Waals surface area contributed by atoms with Crippen molar-refractivity contribution in [2.45, 2.75) is 18.4 Å². The molecule has 5 nitrogen and oxygen atoms in total. The van der Waals surface area contributed by atoms with Crippen molar-refractivity contribution < 1.29 is 13.2 Å². The van der Waals surface area contributed by atoms with Crippen molar-refractivity contribution in [3.63, 3.8) is 0 Å². The van der Waals surface area contributed by atoms with Gasteiger partial charge in [-0.05, 0) is 19.1 Å². The summed E-state index contributed by atoms with van der Waals surface area (Å²) in [6.45, 7) is 1.53. The number of Topliss-reactive ketones (excluding diaryl/α,β-unsaturated/α-hetero) is 1. The number of aromatic nitrogens is 1. The van der Waals surface area contributed by atoms with Gasteiger partial charge in [0.1, 0.15) is 0 Å². The van der Waals surface area contributed by atoms with Gasteiger partial charge in [-0.3, -0.25) is 4.79 Å². The molecule has 0 spiro atoms. The van der Waals surface area contributed by atoms with Crippen LogP contribution in [0.1, 0.15) is 23.0 Å². The van der Waals surface area contributed by atoms with Crippen LogP contribution in [0.4, 0.5) is 0 Å². The highest BCUT2D eigenvalue weighted by atomic mass is 32.2. The molecule has 100 valence electrons. The Hall–Kier alpha value is -1.57. The van der Waals surface area contributed by atoms with Crippen molar-refractivity contribution in [2.24, 2.45) is 0 Å². The second-order valence-electron chi connectivity index (χ2n) is 3.89. The second-order valence-corrected chi connectivity index (χ2v) is 6.37. The molecule has 2 aromatic rings. The largest absolute Gasteiger partial charge is 0.295 e. The Labute approximate surface area is 115 Å². The van der Waals surface area contributed by atoms with Crippen molar-refractivity contribution in [1.29, 1.82) is 0 Å². The van der Waals surface area contributed by atoms with E-state index in [1.54, 1.807) is 23.0 Å². The number of hydrogen-bond acceptors (Lipinski definition) is 5. The molecule has 0 aliphatic heterocycles. The van der Waals surface area contributed by atoms with Crippen LogP contribution < -0.4 is 4.72 Å². The highest BCUT2D eigenvalue weighted by Crippen LogP contribution is 2.12. The van der Waals surface area contributed by atoms with Crippen molar-refractivity contribution in [3.05, 3.63) is 46.4 Å². The lowest BCUT2D eigenvalue weighted by atomic mass is 10.2. The van der Waals surface area contributed by atoms with E-state index in [2.05, 4.69) is 9.71 Å². The molecular weight excluding hydrogens is 284 g/mol. The summed E-state index contributed by atoms with van der Waals surface area (Å²) < 4.78 is 26.6. The number of nitrogens with zero attached hydrogens (tertiary/aromatic N) is 1. The number of thiazole rings is 1. The van der Waals surface area contributed by atoms with Gasteiger partial charge in [0.05, 0.1) is 22.6 Å². The molecule has 0 saturated heterocycles. The summed E-state index contributed by atoms with van der Waals surface area (Å²) in [6.07, 6.45) is 0. The zero-order valence-corrected chi connectivity index (χ0v) is 11.8. The Balaban J connectivity index is 2.19. The third-order valence-electron chi connectivity index (χ3n) is 2.48. The van der Waals surface area contributed by atoms with Crippen LogP contribution in [-0.4, -0.2) is 19.2 Å². The van der Waals surface area contributed by atoms with Crippen LogP contribution in [0, 0.1) is 0 Å². The van der Waals surface area contributed by atoms with Crippen LogP contribution in [-0.2, 0) is 16.6 Å². The molecule has 2 rings (SSSR count). The van der Waals surface area contributed by atoms with E-state index in [1.807, 2.05) is 0 Å². The maximum absolute atomic E-state index is 12.1. The Kier molecular flexibility index (Phi) is 4.08. The molecule has 19 heavy (non-hydrogen) atoms. The Bertz CT molecular complexity index is 679. The van der Waals surface area contributed by atoms with Crippen molar-refractivity contribution in [1.82, 2.24) is 9.71 Å². The summed E-state index contributed by atoms with van der Waals surface area (Å²) in [5, 5.41) is 1.77. The quantitative estimate of drug-likeness (QED) is 0.854. The Morgan fingerprint density at radius 3 is 2.84 bits per heavy atom. The van der Waals surface area contributed by atoms with Gasteiger partial charge in [0.25, 0.3) is 0 Å². The zero-order chi connectivity index (χ0) is 13.9. The van der Waals surface area contributed by atoms with E-state index in [0.717, 1.165) is 0 Å². The fourth-order valence-electron chi connectivity index (χ4n) is 1.46. The molecule has 0 amide bonds. The molecule has 1 N–H and O–H groups in total. The fourth-order valence-corrected chi connectivity index (χ4v) is 3.06. The maximum Gasteiger partial charge on any atom is 0.240 e. The molecule has 1 aromatic heterocycles. The third-order valence-corrected chi connectivity index (χ3v) is 4.51. The highest BCUT2D eigenvalue weighted by molar-refractivity contribution is 7.89. The standard InChI is InChI=1S/C12H12N2O3S2/c1-9(15)10-3-2-4-12(5-10)19(16,17)14-6-11-7-18-8-13-11/h2-5,7-8,14H,6H2,1H3. The van der Waals surface area contributed by atoms with E-state index in [9.17, 15) is 13.2 Å². The molecule has 1 aromatic carbocycles. The van der Waals surface area contributed by atoms with Gasteiger partial charge in [-0.15, -0.1) is 11.3 Å². The summed E-state index contributed by atoms with van der Waals surface area (Å²) in [7, 11) is -3.63. The van der Waals surface area contributed by atoms with E-state index in [4.69, 9.17) is 0 Å². The van der Waals surface area contributed by atoms with Gasteiger partial charge in [-0.25, -0.2) is 18.1 Å². The number of rotatable bonds is 5. The van der Waals surface area contributed by atoms with Crippen LogP contribution >= 0.6 is 11.3 Å². The van der Waals surface area contributed by atoms with Gasteiger partial charge in [-0.2, -0.15) is 0 Å². The molecule has 0 aliphatic rings. The van der Waals surface area contributed by atoms with E-state index in [-0.39, 0.29) is 17.2 Å². The number of sulfonamides is 1. The minimum atomic E-state index is -3.63. The average molecular weight is 296 g/mol. The number of carbonyl (C=O) groups excluding carboxylic acids is 1. The predicted octanol–water partition coefficient (Wildman–Crippen LogP) is 1.82. The lowest BCUT2D eigenvalue weighted by Gasteiger charge is -2.06. The zero-order valence-electron chi connectivity index (χ0n) is 10.2. The minimum absolute atomic E-state index is 0.0791. The summed E-state index contributed by atoms with van der Waals surface area (Å²) in [4.78, 5) is 15.3. The van der Waals surface area contributed by atoms with Gasteiger partial charge < -0.3 is 0 Å². The van der Waals surface area contributed by atoms with Crippen molar-refractivity contribution in [3.8, 4) is 0 Å². The van der Waals surface area contributed by atoms with Gasteiger partial charge in [-0.1, -0.05) is 12.1 Å². The Morgan fingerprint density at radius 1 is 1.42 bits per heavy atom. The van der Waals surface area contributed by atoms with Crippen LogP contribution in [0.5, 0.6) is 0 Å². The topological polar surface area (TPSA) is 76.1 Å². The van der Waals surface area contributed by atoms with E-state index in [1.165, 1.54) is 30.4 Å². The van der Waals surface area contributed by atoms with E-state index >= 15 is 0 Å². The SMILES string of the molecule is CC(=O)c1cccc(S(=O)(=O)NCc2cscn2)c1. The minimum Gasteiger partial charge on any atom is -0.295 e. The first-order valence-corrected chi connectivity index (χ1v) is 7.89. The molecule has 0 radical (unpaired) electrons. The average Bonchev–Trinajstić information content (AvgIpc) is 2.90. The smallest absolute Gasteiger partial charge is 0.240 e. The van der Waals surface area contributed by atoms with Crippen LogP contribution in [0.15, 0.2) is 40.1 Å². The predicted molar refractivity (Wildman–Crippen MR) is 72.6 cm³/mol. The third kappa shape index (κ3) is 3.46. The number of ketones is 1. The van der Waals surface area contributed by atoms with E-state index in [0.29, 0.717) is 11.3 Å². The summed E-state index contributed by atoms with van der Waals surface area (Å²) in [5.41, 5.74) is 2.67. The number of benzene rings is 1. The maximum atomic E-state index is 12.1. The molecule has 1 heterocycles. The van der Waals surface area contributed by atoms with Gasteiger partial charge in [0.2, 0.25) is 10.0 Å². The lowest BCUT2D eigenvalue weighted by molar-refractivity contribution is 0.101. The highest BCUT2D eigenvalue weighted by Gasteiger charge is 2.15. The first-order chi connectivity index (χ1) is 8.99. The van der Waals surface area contributed by atoms with Gasteiger partial charge in [0, 0.05) is 10.9 Å². The molecule has 0 bridgehead atoms. The van der Waals surface area contributed by atoms with Crippen LogP contribution in [0.2, 0.25) is 0 Å². The number of hydrogen-bond donors (Lipinski definition) is 1. The normalized spacial score (nSPS) is 11.4. The summed E-state index contributed by atoms with van der Waals surface area (Å²) in [5.74, 6) is -0.170. The first-order valence-electron chi connectivity index (χ1n) is 5.47. The lowest BCUT2D eigenvalue weighted by Crippen LogP contribution is -2.23. The molecule has 0 unspecified atom stereocenters. The molecule has 0 saturated carbocycles. The first kappa shape index (κ1) is 13.9. The Morgan fingerprint density at radius 2 is 2.21 bits per heavy atom. The second kappa shape index (κ2) is 5.60. The molecular formula is C12H12N2O3S2. The fraction of sp³-hybridized carbons (Fsp3) is 0.167. The molecule has 7 heteroatoms. The van der Waals surface area contributed by atoms with Crippen LogP contribution in [0.25, 0.3) is 0 Å². The number of nitrogens with one attached hydrogen (secondary N) is 1. The summed E-state index contributed by atoms with van der Waals surface area (Å²) in [6, 6.07) is 5.96. The monoisotopic (exact) mass is 296 g/mol. The van der Waals surface area contributed by atoms with Gasteiger partial charge >= 0.3 is 0 Å². The molecule has 0 aliphatic carbocycles. The molecule has 0 fully saturated rings. The van der Waals surface area contributed by atoms with Crippen LogP contribution in [0.3, 0.4) is 0 Å². The van der Waals surface area contributed by atoms with Crippen molar-refractivity contribution >= 4 is 27.1 Å². The van der Waals surface area contributed by atoms with Gasteiger partial charge in [0.15, 0.2) is 5.78 Å². The van der Waals surface area contributed by atoms with Crippen molar-refractivity contribution in [2.75, 3.05) is 0 Å². The summed E-state index contributed by atoms with van der Waals surface area (Å²) >= 11 is 1.40. The van der Waals surface area contributed by atoms with E-state index < -0.39 is 10.0 Å². The molecule has 0 atom stereocenters. The number of carbonyl (C=O) groups is 1.